The van der Waals surface area contributed by atoms with Crippen LogP contribution in [0, 0.1) is 19.7 Å². The topological polar surface area (TPSA) is 109 Å². The average Bonchev–Trinajstić information content (AvgIpc) is 2.87. The number of nitrogens with zero attached hydrogens (tertiary/aromatic N) is 2. The van der Waals surface area contributed by atoms with E-state index in [1.165, 1.54) is 6.20 Å². The summed E-state index contributed by atoms with van der Waals surface area (Å²) < 4.78 is 24.9. The highest BCUT2D eigenvalue weighted by atomic mass is 32.2. The SMILES string of the molecule is Cc1noc(C)c1-c1ncc(O[C@@H]2SC[C@@H](O)[C@H](O)[C@H]2O)cc1F. The smallest absolute Gasteiger partial charge is 0.173 e. The Bertz CT molecular complexity index is 721. The van der Waals surface area contributed by atoms with Crippen LogP contribution in [0.1, 0.15) is 11.5 Å². The predicted molar refractivity (Wildman–Crippen MR) is 84.1 cm³/mol. The van der Waals surface area contributed by atoms with Crippen LogP contribution in [0.15, 0.2) is 16.8 Å². The van der Waals surface area contributed by atoms with Crippen LogP contribution >= 0.6 is 11.8 Å². The molecule has 0 aromatic carbocycles. The first kappa shape index (κ1) is 17.2. The summed E-state index contributed by atoms with van der Waals surface area (Å²) in [6, 6.07) is 1.15. The monoisotopic (exact) mass is 356 g/mol. The Morgan fingerprint density at radius 3 is 2.67 bits per heavy atom. The van der Waals surface area contributed by atoms with Crippen LogP contribution in [-0.4, -0.2) is 55.0 Å². The summed E-state index contributed by atoms with van der Waals surface area (Å²) in [6.45, 7) is 3.36. The van der Waals surface area contributed by atoms with Crippen LogP contribution in [0.5, 0.6) is 5.75 Å². The zero-order valence-electron chi connectivity index (χ0n) is 13.0. The van der Waals surface area contributed by atoms with Gasteiger partial charge in [0.1, 0.15) is 29.4 Å². The minimum absolute atomic E-state index is 0.103. The molecule has 4 atom stereocenters. The van der Waals surface area contributed by atoms with Crippen molar-refractivity contribution in [2.75, 3.05) is 5.75 Å². The summed E-state index contributed by atoms with van der Waals surface area (Å²) in [5.74, 6) is 0.166. The third-order valence-corrected chi connectivity index (χ3v) is 5.03. The summed E-state index contributed by atoms with van der Waals surface area (Å²) >= 11 is 1.13. The van der Waals surface area contributed by atoms with Crippen molar-refractivity contribution in [3.63, 3.8) is 0 Å². The summed E-state index contributed by atoms with van der Waals surface area (Å²) in [4.78, 5) is 4.06. The summed E-state index contributed by atoms with van der Waals surface area (Å²) in [7, 11) is 0. The number of halogens is 1. The highest BCUT2D eigenvalue weighted by Crippen LogP contribution is 2.32. The number of aliphatic hydroxyl groups excluding tert-OH is 3. The van der Waals surface area contributed by atoms with Crippen molar-refractivity contribution in [1.82, 2.24) is 10.1 Å². The van der Waals surface area contributed by atoms with E-state index in [1.807, 2.05) is 0 Å². The summed E-state index contributed by atoms with van der Waals surface area (Å²) in [6.07, 6.45) is -2.30. The van der Waals surface area contributed by atoms with Gasteiger partial charge in [-0.25, -0.2) is 9.37 Å². The molecule has 0 unspecified atom stereocenters. The van der Waals surface area contributed by atoms with Crippen LogP contribution in [0.3, 0.4) is 0 Å². The van der Waals surface area contributed by atoms with Crippen LogP contribution in [0.4, 0.5) is 4.39 Å². The van der Waals surface area contributed by atoms with E-state index in [0.29, 0.717) is 17.0 Å². The lowest BCUT2D eigenvalue weighted by Gasteiger charge is -2.34. The number of rotatable bonds is 3. The van der Waals surface area contributed by atoms with Gasteiger partial charge < -0.3 is 24.6 Å². The molecule has 0 bridgehead atoms. The van der Waals surface area contributed by atoms with Gasteiger partial charge in [0.2, 0.25) is 0 Å². The van der Waals surface area contributed by atoms with Crippen molar-refractivity contribution in [3.8, 4) is 17.0 Å². The Balaban J connectivity index is 1.81. The van der Waals surface area contributed by atoms with Gasteiger partial charge in [0.25, 0.3) is 0 Å². The molecule has 24 heavy (non-hydrogen) atoms. The maximum atomic E-state index is 14.4. The molecule has 2 aromatic rings. The number of hydrogen-bond donors (Lipinski definition) is 3. The van der Waals surface area contributed by atoms with Gasteiger partial charge in [-0.3, -0.25) is 0 Å². The van der Waals surface area contributed by atoms with Gasteiger partial charge in [-0.05, 0) is 13.8 Å². The number of hydrogen-bond acceptors (Lipinski definition) is 8. The van der Waals surface area contributed by atoms with Gasteiger partial charge in [0.05, 0.1) is 23.6 Å². The zero-order valence-corrected chi connectivity index (χ0v) is 13.8. The van der Waals surface area contributed by atoms with Gasteiger partial charge >= 0.3 is 0 Å². The second kappa shape index (κ2) is 6.67. The lowest BCUT2D eigenvalue weighted by Crippen LogP contribution is -2.50. The molecule has 1 aliphatic heterocycles. The second-order valence-corrected chi connectivity index (χ2v) is 6.70. The molecule has 0 saturated carbocycles. The van der Waals surface area contributed by atoms with Gasteiger partial charge in [-0.2, -0.15) is 0 Å². The molecule has 0 amide bonds. The van der Waals surface area contributed by atoms with E-state index >= 15 is 0 Å². The lowest BCUT2D eigenvalue weighted by atomic mass is 10.1. The molecule has 3 rings (SSSR count). The fourth-order valence-electron chi connectivity index (χ4n) is 2.51. The molecule has 130 valence electrons. The van der Waals surface area contributed by atoms with Gasteiger partial charge in [-0.15, -0.1) is 11.8 Å². The molecule has 7 nitrogen and oxygen atoms in total. The molecule has 1 fully saturated rings. The molecule has 0 aliphatic carbocycles. The van der Waals surface area contributed by atoms with Crippen molar-refractivity contribution < 1.29 is 29.0 Å². The summed E-state index contributed by atoms with van der Waals surface area (Å²) in [5.41, 5.74) is 0.299. The van der Waals surface area contributed by atoms with Crippen LogP contribution in [0.25, 0.3) is 11.3 Å². The molecule has 3 N–H and O–H groups in total. The van der Waals surface area contributed by atoms with Gasteiger partial charge in [-0.1, -0.05) is 5.16 Å². The Labute approximate surface area is 141 Å². The highest BCUT2D eigenvalue weighted by Gasteiger charge is 2.38. The number of aryl methyl sites for hydroxylation is 2. The second-order valence-electron chi connectivity index (χ2n) is 5.57. The maximum Gasteiger partial charge on any atom is 0.173 e. The first-order chi connectivity index (χ1) is 11.4. The Morgan fingerprint density at radius 2 is 2.04 bits per heavy atom. The largest absolute Gasteiger partial charge is 0.475 e. The molecule has 1 saturated heterocycles. The molecular weight excluding hydrogens is 339 g/mol. The highest BCUT2D eigenvalue weighted by molar-refractivity contribution is 7.99. The Kier molecular flexibility index (Phi) is 4.77. The third-order valence-electron chi connectivity index (χ3n) is 3.79. The van der Waals surface area contributed by atoms with Crippen molar-refractivity contribution in [3.05, 3.63) is 29.5 Å². The fraction of sp³-hybridized carbons (Fsp3) is 0.467. The van der Waals surface area contributed by atoms with E-state index < -0.39 is 29.6 Å². The molecular formula is C15H17FN2O5S. The zero-order chi connectivity index (χ0) is 17.4. The van der Waals surface area contributed by atoms with E-state index in [2.05, 4.69) is 10.1 Å². The molecule has 3 heterocycles. The lowest BCUT2D eigenvalue weighted by molar-refractivity contribution is -0.0786. The van der Waals surface area contributed by atoms with Crippen molar-refractivity contribution in [1.29, 1.82) is 0 Å². The van der Waals surface area contributed by atoms with Crippen LogP contribution in [-0.2, 0) is 0 Å². The molecule has 1 aliphatic rings. The molecule has 0 radical (unpaired) electrons. The van der Waals surface area contributed by atoms with E-state index in [-0.39, 0.29) is 17.2 Å². The van der Waals surface area contributed by atoms with E-state index in [1.54, 1.807) is 13.8 Å². The predicted octanol–water partition coefficient (Wildman–Crippen LogP) is 1.03. The Morgan fingerprint density at radius 1 is 1.29 bits per heavy atom. The number of aromatic nitrogens is 2. The number of aliphatic hydroxyl groups is 3. The van der Waals surface area contributed by atoms with Crippen LogP contribution < -0.4 is 4.74 Å². The quantitative estimate of drug-likeness (QED) is 0.748. The maximum absolute atomic E-state index is 14.4. The minimum atomic E-state index is -1.31. The first-order valence-corrected chi connectivity index (χ1v) is 8.34. The van der Waals surface area contributed by atoms with Crippen molar-refractivity contribution in [2.24, 2.45) is 0 Å². The standard InChI is InChI=1S/C15H17FN2O5S/c1-6-11(7(2)23-18-6)12-9(16)3-8(4-17-12)22-15-14(21)13(20)10(19)5-24-15/h3-4,10,13-15,19-21H,5H2,1-2H3/t10-,13+,14-,15-/m1/s1. The Hall–Kier alpha value is -1.68. The molecule has 9 heteroatoms. The molecule has 0 spiro atoms. The van der Waals surface area contributed by atoms with Crippen molar-refractivity contribution >= 4 is 11.8 Å². The normalized spacial score (nSPS) is 27.2. The number of ether oxygens (including phenoxy) is 1. The van der Waals surface area contributed by atoms with Crippen LogP contribution in [0.2, 0.25) is 0 Å². The third kappa shape index (κ3) is 3.12. The van der Waals surface area contributed by atoms with E-state index in [9.17, 15) is 19.7 Å². The van der Waals surface area contributed by atoms with E-state index in [4.69, 9.17) is 9.26 Å². The first-order valence-electron chi connectivity index (χ1n) is 7.29. The van der Waals surface area contributed by atoms with Crippen molar-refractivity contribution in [2.45, 2.75) is 37.6 Å². The minimum Gasteiger partial charge on any atom is -0.475 e. The van der Waals surface area contributed by atoms with Gasteiger partial charge in [0, 0.05) is 11.8 Å². The average molecular weight is 356 g/mol. The fourth-order valence-corrected chi connectivity index (χ4v) is 3.63. The number of pyridine rings is 1. The number of thioether (sulfide) groups is 1. The van der Waals surface area contributed by atoms with Gasteiger partial charge in [0.15, 0.2) is 11.3 Å². The van der Waals surface area contributed by atoms with E-state index in [0.717, 1.165) is 17.8 Å². The molecule has 2 aromatic heterocycles. The summed E-state index contributed by atoms with van der Waals surface area (Å²) in [5, 5.41) is 32.9.